The van der Waals surface area contributed by atoms with E-state index in [0.717, 1.165) is 12.0 Å². The van der Waals surface area contributed by atoms with E-state index in [9.17, 15) is 0 Å². The van der Waals surface area contributed by atoms with Gasteiger partial charge in [-0.2, -0.15) is 0 Å². The first-order valence-corrected chi connectivity index (χ1v) is 5.56. The normalized spacial score (nSPS) is 18.6. The van der Waals surface area contributed by atoms with Crippen LogP contribution in [0.15, 0.2) is 12.2 Å². The minimum Gasteiger partial charge on any atom is -0.314 e. The summed E-state index contributed by atoms with van der Waals surface area (Å²) in [6, 6.07) is 0.869. The maximum Gasteiger partial charge on any atom is 0.00682 e. The Balaban J connectivity index is 1.89. The van der Waals surface area contributed by atoms with Gasteiger partial charge in [-0.25, -0.2) is 0 Å². The molecule has 0 aliphatic heterocycles. The SMILES string of the molecule is C=C(C)CCC(C)CCNC1CC1. The van der Waals surface area contributed by atoms with E-state index in [2.05, 4.69) is 25.7 Å². The lowest BCUT2D eigenvalue weighted by molar-refractivity contribution is 0.469. The number of hydrogen-bond acceptors (Lipinski definition) is 1. The van der Waals surface area contributed by atoms with Gasteiger partial charge in [0.15, 0.2) is 0 Å². The minimum atomic E-state index is 0.850. The summed E-state index contributed by atoms with van der Waals surface area (Å²) in [5.41, 5.74) is 1.32. The zero-order chi connectivity index (χ0) is 9.68. The number of nitrogens with one attached hydrogen (secondary N) is 1. The van der Waals surface area contributed by atoms with E-state index in [0.29, 0.717) is 0 Å². The molecule has 1 saturated carbocycles. The first kappa shape index (κ1) is 10.8. The van der Waals surface area contributed by atoms with Crippen LogP contribution in [-0.2, 0) is 0 Å². The van der Waals surface area contributed by atoms with E-state index in [1.54, 1.807) is 0 Å². The average Bonchev–Trinajstić information content (AvgIpc) is 2.84. The number of hydrogen-bond donors (Lipinski definition) is 1. The van der Waals surface area contributed by atoms with Crippen molar-refractivity contribution in [2.75, 3.05) is 6.54 Å². The summed E-state index contributed by atoms with van der Waals surface area (Å²) in [6.07, 6.45) is 6.64. The molecular formula is C12H23N. The van der Waals surface area contributed by atoms with E-state index >= 15 is 0 Å². The van der Waals surface area contributed by atoms with Gasteiger partial charge in [-0.3, -0.25) is 0 Å². The van der Waals surface area contributed by atoms with Crippen molar-refractivity contribution in [2.24, 2.45) is 5.92 Å². The molecular weight excluding hydrogens is 158 g/mol. The Labute approximate surface area is 82.6 Å². The molecule has 1 rings (SSSR count). The molecule has 0 spiro atoms. The van der Waals surface area contributed by atoms with E-state index in [1.807, 2.05) is 0 Å². The van der Waals surface area contributed by atoms with Gasteiger partial charge >= 0.3 is 0 Å². The average molecular weight is 181 g/mol. The van der Waals surface area contributed by atoms with Crippen LogP contribution in [0.4, 0.5) is 0 Å². The molecule has 76 valence electrons. The zero-order valence-corrected chi connectivity index (χ0v) is 9.10. The lowest BCUT2D eigenvalue weighted by Crippen LogP contribution is -2.19. The van der Waals surface area contributed by atoms with Crippen LogP contribution in [0.3, 0.4) is 0 Å². The van der Waals surface area contributed by atoms with E-state index in [1.165, 1.54) is 44.2 Å². The number of allylic oxidation sites excluding steroid dienone is 1. The fourth-order valence-electron chi connectivity index (χ4n) is 1.46. The van der Waals surface area contributed by atoms with E-state index < -0.39 is 0 Å². The van der Waals surface area contributed by atoms with Crippen LogP contribution in [0.5, 0.6) is 0 Å². The minimum absolute atomic E-state index is 0.850. The highest BCUT2D eigenvalue weighted by Gasteiger charge is 2.19. The summed E-state index contributed by atoms with van der Waals surface area (Å²) in [5.74, 6) is 0.850. The molecule has 0 aromatic carbocycles. The first-order chi connectivity index (χ1) is 6.18. The van der Waals surface area contributed by atoms with Crippen LogP contribution in [-0.4, -0.2) is 12.6 Å². The van der Waals surface area contributed by atoms with Crippen molar-refractivity contribution >= 4 is 0 Å². The second-order valence-electron chi connectivity index (χ2n) is 4.62. The molecule has 0 amide bonds. The molecule has 0 bridgehead atoms. The highest BCUT2D eigenvalue weighted by molar-refractivity contribution is 4.88. The lowest BCUT2D eigenvalue weighted by atomic mass is 9.99. The van der Waals surface area contributed by atoms with Gasteiger partial charge < -0.3 is 5.32 Å². The Morgan fingerprint density at radius 2 is 2.15 bits per heavy atom. The molecule has 1 N–H and O–H groups in total. The van der Waals surface area contributed by atoms with Crippen LogP contribution >= 0.6 is 0 Å². The van der Waals surface area contributed by atoms with Crippen LogP contribution in [0.1, 0.15) is 46.0 Å². The molecule has 1 aliphatic carbocycles. The smallest absolute Gasteiger partial charge is 0.00682 e. The Bertz CT molecular complexity index is 159. The van der Waals surface area contributed by atoms with Gasteiger partial charge in [0.25, 0.3) is 0 Å². The van der Waals surface area contributed by atoms with Gasteiger partial charge in [0.2, 0.25) is 0 Å². The Morgan fingerprint density at radius 3 is 2.69 bits per heavy atom. The van der Waals surface area contributed by atoms with Crippen molar-refractivity contribution in [2.45, 2.75) is 52.0 Å². The molecule has 1 atom stereocenters. The largest absolute Gasteiger partial charge is 0.314 e. The summed E-state index contributed by atoms with van der Waals surface area (Å²) in [4.78, 5) is 0. The van der Waals surface area contributed by atoms with Crippen molar-refractivity contribution in [1.82, 2.24) is 5.32 Å². The molecule has 0 heterocycles. The van der Waals surface area contributed by atoms with Gasteiger partial charge in [-0.1, -0.05) is 12.5 Å². The first-order valence-electron chi connectivity index (χ1n) is 5.56. The predicted octanol–water partition coefficient (Wildman–Crippen LogP) is 3.12. The van der Waals surface area contributed by atoms with Gasteiger partial charge in [0.05, 0.1) is 0 Å². The molecule has 0 aromatic heterocycles. The summed E-state index contributed by atoms with van der Waals surface area (Å²) in [6.45, 7) is 9.61. The molecule has 13 heavy (non-hydrogen) atoms. The monoisotopic (exact) mass is 181 g/mol. The third kappa shape index (κ3) is 5.87. The van der Waals surface area contributed by atoms with Crippen LogP contribution in [0.25, 0.3) is 0 Å². The Hall–Kier alpha value is -0.300. The van der Waals surface area contributed by atoms with Crippen molar-refractivity contribution in [1.29, 1.82) is 0 Å². The quantitative estimate of drug-likeness (QED) is 0.595. The number of rotatable bonds is 7. The second-order valence-corrected chi connectivity index (χ2v) is 4.62. The fourth-order valence-corrected chi connectivity index (χ4v) is 1.46. The maximum absolute atomic E-state index is 3.93. The molecule has 0 radical (unpaired) electrons. The summed E-state index contributed by atoms with van der Waals surface area (Å²) in [5, 5.41) is 3.55. The fraction of sp³-hybridized carbons (Fsp3) is 0.833. The van der Waals surface area contributed by atoms with Gasteiger partial charge in [-0.05, 0) is 51.5 Å². The van der Waals surface area contributed by atoms with Crippen LogP contribution in [0.2, 0.25) is 0 Å². The van der Waals surface area contributed by atoms with Crippen molar-refractivity contribution in [3.05, 3.63) is 12.2 Å². The van der Waals surface area contributed by atoms with Crippen molar-refractivity contribution < 1.29 is 0 Å². The standard InChI is InChI=1S/C12H23N/c1-10(2)4-5-11(3)8-9-13-12-6-7-12/h11-13H,1,4-9H2,2-3H3. The third-order valence-corrected chi connectivity index (χ3v) is 2.71. The topological polar surface area (TPSA) is 12.0 Å². The van der Waals surface area contributed by atoms with E-state index in [4.69, 9.17) is 0 Å². The molecule has 0 saturated heterocycles. The lowest BCUT2D eigenvalue weighted by Gasteiger charge is -2.11. The zero-order valence-electron chi connectivity index (χ0n) is 9.10. The van der Waals surface area contributed by atoms with Gasteiger partial charge in [0.1, 0.15) is 0 Å². The molecule has 1 nitrogen and oxygen atoms in total. The molecule has 0 aromatic rings. The molecule has 1 unspecified atom stereocenters. The van der Waals surface area contributed by atoms with Crippen molar-refractivity contribution in [3.63, 3.8) is 0 Å². The summed E-state index contributed by atoms with van der Waals surface area (Å²) < 4.78 is 0. The highest BCUT2D eigenvalue weighted by atomic mass is 14.9. The summed E-state index contributed by atoms with van der Waals surface area (Å²) >= 11 is 0. The van der Waals surface area contributed by atoms with Crippen LogP contribution in [0, 0.1) is 5.92 Å². The second kappa shape index (κ2) is 5.43. The molecule has 1 fully saturated rings. The Morgan fingerprint density at radius 1 is 1.46 bits per heavy atom. The van der Waals surface area contributed by atoms with Crippen molar-refractivity contribution in [3.8, 4) is 0 Å². The van der Waals surface area contributed by atoms with E-state index in [-0.39, 0.29) is 0 Å². The van der Waals surface area contributed by atoms with Crippen LogP contribution < -0.4 is 5.32 Å². The van der Waals surface area contributed by atoms with Gasteiger partial charge in [0, 0.05) is 6.04 Å². The Kier molecular flexibility index (Phi) is 4.51. The predicted molar refractivity (Wildman–Crippen MR) is 58.9 cm³/mol. The highest BCUT2D eigenvalue weighted by Crippen LogP contribution is 2.19. The van der Waals surface area contributed by atoms with Gasteiger partial charge in [-0.15, -0.1) is 6.58 Å². The maximum atomic E-state index is 3.93. The molecule has 1 aliphatic rings. The summed E-state index contributed by atoms with van der Waals surface area (Å²) in [7, 11) is 0. The third-order valence-electron chi connectivity index (χ3n) is 2.71. The molecule has 1 heteroatoms.